The lowest BCUT2D eigenvalue weighted by Gasteiger charge is -2.05. The smallest absolute Gasteiger partial charge is 0.315 e. The standard InChI is InChI=1S/C13H17N3OS2/c1-2-12-16-11(9-19-12)3-5-14-13(17)15-7-10-4-6-18-8-10/h4,6,8-9H,2-3,5,7H2,1H3,(H2,14,15,17). The molecule has 0 aliphatic rings. The van der Waals surface area contributed by atoms with Gasteiger partial charge in [0.2, 0.25) is 0 Å². The molecule has 0 unspecified atom stereocenters. The second-order valence-corrected chi connectivity index (χ2v) is 5.80. The van der Waals surface area contributed by atoms with Gasteiger partial charge in [0.1, 0.15) is 0 Å². The summed E-state index contributed by atoms with van der Waals surface area (Å²) in [5.41, 5.74) is 2.19. The molecule has 2 N–H and O–H groups in total. The number of hydrogen-bond donors (Lipinski definition) is 2. The Balaban J connectivity index is 1.63. The van der Waals surface area contributed by atoms with Crippen molar-refractivity contribution < 1.29 is 4.79 Å². The van der Waals surface area contributed by atoms with Crippen molar-refractivity contribution in [2.75, 3.05) is 6.54 Å². The second-order valence-electron chi connectivity index (χ2n) is 4.08. The minimum Gasteiger partial charge on any atom is -0.338 e. The highest BCUT2D eigenvalue weighted by Gasteiger charge is 2.03. The zero-order valence-electron chi connectivity index (χ0n) is 10.8. The molecule has 6 heteroatoms. The quantitative estimate of drug-likeness (QED) is 0.861. The van der Waals surface area contributed by atoms with E-state index >= 15 is 0 Å². The van der Waals surface area contributed by atoms with E-state index in [2.05, 4.69) is 27.9 Å². The highest BCUT2D eigenvalue weighted by molar-refractivity contribution is 7.09. The van der Waals surface area contributed by atoms with Crippen LogP contribution in [0.5, 0.6) is 0 Å². The van der Waals surface area contributed by atoms with E-state index in [0.29, 0.717) is 13.1 Å². The number of aryl methyl sites for hydroxylation is 1. The molecule has 0 aromatic carbocycles. The van der Waals surface area contributed by atoms with Crippen LogP contribution in [0.2, 0.25) is 0 Å². The first-order chi connectivity index (χ1) is 9.28. The van der Waals surface area contributed by atoms with Gasteiger partial charge in [0.05, 0.1) is 10.7 Å². The molecule has 0 radical (unpaired) electrons. The Bertz CT molecular complexity index is 508. The topological polar surface area (TPSA) is 54.0 Å². The average Bonchev–Trinajstić information content (AvgIpc) is 3.07. The monoisotopic (exact) mass is 295 g/mol. The SMILES string of the molecule is CCc1nc(CCNC(=O)NCc2ccsc2)cs1. The normalized spacial score (nSPS) is 10.4. The third-order valence-corrected chi connectivity index (χ3v) is 4.38. The molecule has 2 aromatic heterocycles. The summed E-state index contributed by atoms with van der Waals surface area (Å²) in [4.78, 5) is 16.0. The minimum absolute atomic E-state index is 0.128. The Morgan fingerprint density at radius 3 is 2.95 bits per heavy atom. The van der Waals surface area contributed by atoms with Crippen LogP contribution in [0.1, 0.15) is 23.2 Å². The molecule has 0 saturated carbocycles. The van der Waals surface area contributed by atoms with Crippen molar-refractivity contribution in [1.29, 1.82) is 0 Å². The molecule has 0 spiro atoms. The van der Waals surface area contributed by atoms with Crippen LogP contribution in [-0.2, 0) is 19.4 Å². The molecule has 0 atom stereocenters. The summed E-state index contributed by atoms with van der Waals surface area (Å²) in [5.74, 6) is 0. The van der Waals surface area contributed by atoms with Gasteiger partial charge in [-0.25, -0.2) is 9.78 Å². The summed E-state index contributed by atoms with van der Waals surface area (Å²) in [7, 11) is 0. The molecule has 19 heavy (non-hydrogen) atoms. The number of urea groups is 1. The number of thiazole rings is 1. The van der Waals surface area contributed by atoms with Crippen molar-refractivity contribution >= 4 is 28.7 Å². The predicted molar refractivity (Wildman–Crippen MR) is 79.8 cm³/mol. The van der Waals surface area contributed by atoms with Crippen molar-refractivity contribution in [3.05, 3.63) is 38.5 Å². The molecule has 102 valence electrons. The van der Waals surface area contributed by atoms with Gasteiger partial charge in [-0.1, -0.05) is 6.92 Å². The van der Waals surface area contributed by atoms with Crippen LogP contribution < -0.4 is 10.6 Å². The first-order valence-corrected chi connectivity index (χ1v) is 8.06. The molecule has 4 nitrogen and oxygen atoms in total. The maximum absolute atomic E-state index is 11.6. The molecule has 0 fully saturated rings. The van der Waals surface area contributed by atoms with E-state index in [4.69, 9.17) is 0 Å². The molecule has 2 aromatic rings. The van der Waals surface area contributed by atoms with Gasteiger partial charge in [0, 0.05) is 24.9 Å². The Morgan fingerprint density at radius 1 is 1.37 bits per heavy atom. The third-order valence-electron chi connectivity index (χ3n) is 2.60. The van der Waals surface area contributed by atoms with E-state index in [1.165, 1.54) is 0 Å². The van der Waals surface area contributed by atoms with Gasteiger partial charge in [0.25, 0.3) is 0 Å². The van der Waals surface area contributed by atoms with Crippen LogP contribution in [0.3, 0.4) is 0 Å². The Hall–Kier alpha value is -1.40. The van der Waals surface area contributed by atoms with Crippen LogP contribution in [0.25, 0.3) is 0 Å². The third kappa shape index (κ3) is 4.65. The molecule has 0 aliphatic carbocycles. The molecular formula is C13H17N3OS2. The Kier molecular flexibility index (Phi) is 5.35. The summed E-state index contributed by atoms with van der Waals surface area (Å²) >= 11 is 3.31. The maximum Gasteiger partial charge on any atom is 0.315 e. The van der Waals surface area contributed by atoms with Gasteiger partial charge >= 0.3 is 6.03 Å². The van der Waals surface area contributed by atoms with E-state index in [9.17, 15) is 4.79 Å². The lowest BCUT2D eigenvalue weighted by Crippen LogP contribution is -2.36. The first-order valence-electron chi connectivity index (χ1n) is 6.24. The van der Waals surface area contributed by atoms with Crippen molar-refractivity contribution in [2.45, 2.75) is 26.3 Å². The van der Waals surface area contributed by atoms with Crippen LogP contribution in [-0.4, -0.2) is 17.6 Å². The average molecular weight is 295 g/mol. The Morgan fingerprint density at radius 2 is 2.26 bits per heavy atom. The summed E-state index contributed by atoms with van der Waals surface area (Å²) < 4.78 is 0. The van der Waals surface area contributed by atoms with Gasteiger partial charge in [-0.15, -0.1) is 11.3 Å². The fourth-order valence-electron chi connectivity index (χ4n) is 1.57. The lowest BCUT2D eigenvalue weighted by atomic mass is 10.3. The number of thiophene rings is 1. The maximum atomic E-state index is 11.6. The Labute approximate surface area is 120 Å². The molecule has 0 bridgehead atoms. The van der Waals surface area contributed by atoms with Crippen molar-refractivity contribution in [3.63, 3.8) is 0 Å². The molecule has 0 saturated heterocycles. The van der Waals surface area contributed by atoms with Crippen LogP contribution in [0.4, 0.5) is 4.79 Å². The number of nitrogens with one attached hydrogen (secondary N) is 2. The summed E-state index contributed by atoms with van der Waals surface area (Å²) in [5, 5.41) is 12.9. The van der Waals surface area contributed by atoms with Gasteiger partial charge in [-0.05, 0) is 28.8 Å². The fraction of sp³-hybridized carbons (Fsp3) is 0.385. The fourth-order valence-corrected chi connectivity index (χ4v) is 3.02. The zero-order valence-corrected chi connectivity index (χ0v) is 12.4. The number of hydrogen-bond acceptors (Lipinski definition) is 4. The zero-order chi connectivity index (χ0) is 13.5. The second kappa shape index (κ2) is 7.25. The predicted octanol–water partition coefficient (Wildman–Crippen LogP) is 2.81. The van der Waals surface area contributed by atoms with E-state index < -0.39 is 0 Å². The summed E-state index contributed by atoms with van der Waals surface area (Å²) in [6.45, 7) is 3.28. The van der Waals surface area contributed by atoms with E-state index in [0.717, 1.165) is 29.1 Å². The van der Waals surface area contributed by atoms with Crippen LogP contribution in [0, 0.1) is 0 Å². The van der Waals surface area contributed by atoms with Gasteiger partial charge in [0.15, 0.2) is 0 Å². The van der Waals surface area contributed by atoms with Crippen molar-refractivity contribution in [1.82, 2.24) is 15.6 Å². The number of rotatable bonds is 6. The van der Waals surface area contributed by atoms with E-state index in [1.807, 2.05) is 16.8 Å². The summed E-state index contributed by atoms with van der Waals surface area (Å²) in [6, 6.07) is 1.88. The summed E-state index contributed by atoms with van der Waals surface area (Å²) in [6.07, 6.45) is 1.75. The highest BCUT2D eigenvalue weighted by atomic mass is 32.1. The molecule has 0 aliphatic heterocycles. The first kappa shape index (κ1) is 14.0. The van der Waals surface area contributed by atoms with Gasteiger partial charge in [-0.2, -0.15) is 11.3 Å². The molecule has 2 heterocycles. The largest absolute Gasteiger partial charge is 0.338 e. The molecule has 2 rings (SSSR count). The van der Waals surface area contributed by atoms with Crippen LogP contribution >= 0.6 is 22.7 Å². The number of nitrogens with zero attached hydrogens (tertiary/aromatic N) is 1. The van der Waals surface area contributed by atoms with Crippen molar-refractivity contribution in [2.24, 2.45) is 0 Å². The number of aromatic nitrogens is 1. The lowest BCUT2D eigenvalue weighted by molar-refractivity contribution is 0.240. The number of carbonyl (C=O) groups excluding carboxylic acids is 1. The molecule has 2 amide bonds. The van der Waals surface area contributed by atoms with E-state index in [1.54, 1.807) is 22.7 Å². The number of amides is 2. The van der Waals surface area contributed by atoms with Gasteiger partial charge < -0.3 is 10.6 Å². The van der Waals surface area contributed by atoms with E-state index in [-0.39, 0.29) is 6.03 Å². The highest BCUT2D eigenvalue weighted by Crippen LogP contribution is 2.10. The van der Waals surface area contributed by atoms with Crippen molar-refractivity contribution in [3.8, 4) is 0 Å². The molecular weight excluding hydrogens is 278 g/mol. The number of carbonyl (C=O) groups is 1. The van der Waals surface area contributed by atoms with Gasteiger partial charge in [-0.3, -0.25) is 0 Å². The van der Waals surface area contributed by atoms with Crippen LogP contribution in [0.15, 0.2) is 22.2 Å². The minimum atomic E-state index is -0.128.